The van der Waals surface area contributed by atoms with Crippen molar-refractivity contribution in [3.05, 3.63) is 42.0 Å². The lowest BCUT2D eigenvalue weighted by molar-refractivity contribution is -0.274. The Bertz CT molecular complexity index is 912. The number of carbonyl (C=O) groups excluding carboxylic acids is 1. The summed E-state index contributed by atoms with van der Waals surface area (Å²) < 4.78 is 40.2. The number of rotatable bonds is 5. The summed E-state index contributed by atoms with van der Waals surface area (Å²) in [7, 11) is 1.72. The number of ether oxygens (including phenoxy) is 1. The van der Waals surface area contributed by atoms with Gasteiger partial charge in [-0.05, 0) is 35.7 Å². The zero-order chi connectivity index (χ0) is 18.7. The van der Waals surface area contributed by atoms with Gasteiger partial charge in [-0.2, -0.15) is 0 Å². The van der Waals surface area contributed by atoms with Crippen LogP contribution in [-0.2, 0) is 4.79 Å². The molecule has 3 rings (SSSR count). The molecule has 2 heterocycles. The van der Waals surface area contributed by atoms with Crippen molar-refractivity contribution in [3.8, 4) is 5.75 Å². The lowest BCUT2D eigenvalue weighted by atomic mass is 10.3. The first-order valence-electron chi connectivity index (χ1n) is 7.37. The Balaban J connectivity index is 1.62. The van der Waals surface area contributed by atoms with Gasteiger partial charge in [0.1, 0.15) is 22.7 Å². The van der Waals surface area contributed by atoms with Gasteiger partial charge in [0.05, 0.1) is 11.9 Å². The van der Waals surface area contributed by atoms with Crippen LogP contribution in [0.4, 0.5) is 24.7 Å². The Labute approximate surface area is 150 Å². The molecular weight excluding hydrogens is 369 g/mol. The predicted molar refractivity (Wildman–Crippen MR) is 92.4 cm³/mol. The predicted octanol–water partition coefficient (Wildman–Crippen LogP) is 3.66. The monoisotopic (exact) mass is 382 g/mol. The molecule has 0 aliphatic carbocycles. The third kappa shape index (κ3) is 4.39. The Hall–Kier alpha value is -2.88. The van der Waals surface area contributed by atoms with Crippen molar-refractivity contribution < 1.29 is 22.7 Å². The van der Waals surface area contributed by atoms with Crippen LogP contribution in [0.25, 0.3) is 10.2 Å². The van der Waals surface area contributed by atoms with Gasteiger partial charge < -0.3 is 15.0 Å². The maximum atomic E-state index is 12.2. The maximum Gasteiger partial charge on any atom is 0.573 e. The molecule has 0 radical (unpaired) electrons. The largest absolute Gasteiger partial charge is 0.573 e. The topological polar surface area (TPSA) is 67.4 Å². The highest BCUT2D eigenvalue weighted by atomic mass is 32.1. The summed E-state index contributed by atoms with van der Waals surface area (Å²) in [5.41, 5.74) is 0.362. The SMILES string of the molecule is CN(CC(=O)Nc1ccc(OC(F)(F)F)cc1)c1ncnc2sccc12. The number of hydrogen-bond acceptors (Lipinski definition) is 6. The zero-order valence-electron chi connectivity index (χ0n) is 13.4. The minimum Gasteiger partial charge on any atom is -0.406 e. The van der Waals surface area contributed by atoms with Gasteiger partial charge in [0, 0.05) is 12.7 Å². The molecule has 136 valence electrons. The molecule has 0 saturated heterocycles. The number of carbonyl (C=O) groups is 1. The van der Waals surface area contributed by atoms with Crippen molar-refractivity contribution in [2.45, 2.75) is 6.36 Å². The van der Waals surface area contributed by atoms with Crippen LogP contribution in [0.5, 0.6) is 5.75 Å². The highest BCUT2D eigenvalue weighted by Gasteiger charge is 2.30. The van der Waals surface area contributed by atoms with Crippen molar-refractivity contribution in [1.82, 2.24) is 9.97 Å². The molecule has 0 unspecified atom stereocenters. The van der Waals surface area contributed by atoms with Gasteiger partial charge in [0.2, 0.25) is 5.91 Å². The van der Waals surface area contributed by atoms with Crippen molar-refractivity contribution in [3.63, 3.8) is 0 Å². The number of nitrogens with zero attached hydrogens (tertiary/aromatic N) is 3. The maximum absolute atomic E-state index is 12.2. The van der Waals surface area contributed by atoms with Crippen molar-refractivity contribution in [2.75, 3.05) is 23.8 Å². The number of amides is 1. The number of fused-ring (bicyclic) bond motifs is 1. The quantitative estimate of drug-likeness (QED) is 0.729. The molecule has 0 aliphatic heterocycles. The molecule has 0 saturated carbocycles. The molecule has 0 fully saturated rings. The van der Waals surface area contributed by atoms with Crippen LogP contribution in [0.2, 0.25) is 0 Å². The number of anilines is 2. The molecular formula is C16H13F3N4O2S. The van der Waals surface area contributed by atoms with E-state index >= 15 is 0 Å². The molecule has 1 N–H and O–H groups in total. The Kier molecular flexibility index (Phi) is 4.94. The fourth-order valence-corrected chi connectivity index (χ4v) is 3.04. The summed E-state index contributed by atoms with van der Waals surface area (Å²) in [6.45, 7) is 0.0166. The molecule has 0 bridgehead atoms. The Morgan fingerprint density at radius 1 is 1.23 bits per heavy atom. The van der Waals surface area contributed by atoms with E-state index in [1.165, 1.54) is 29.8 Å². The summed E-state index contributed by atoms with van der Waals surface area (Å²) in [4.78, 5) is 23.0. The molecule has 3 aromatic rings. The number of aromatic nitrogens is 2. The Morgan fingerprint density at radius 3 is 2.65 bits per heavy atom. The molecule has 26 heavy (non-hydrogen) atoms. The number of halogens is 3. The molecule has 1 amide bonds. The van der Waals surface area contributed by atoms with E-state index in [-0.39, 0.29) is 18.2 Å². The van der Waals surface area contributed by atoms with E-state index in [1.54, 1.807) is 11.9 Å². The molecule has 6 nitrogen and oxygen atoms in total. The van der Waals surface area contributed by atoms with Crippen molar-refractivity contribution >= 4 is 39.0 Å². The second kappa shape index (κ2) is 7.16. The smallest absolute Gasteiger partial charge is 0.406 e. The molecule has 2 aromatic heterocycles. The Morgan fingerprint density at radius 2 is 1.96 bits per heavy atom. The number of alkyl halides is 3. The number of nitrogens with one attached hydrogen (secondary N) is 1. The van der Waals surface area contributed by atoms with E-state index in [0.29, 0.717) is 11.5 Å². The fourth-order valence-electron chi connectivity index (χ4n) is 2.31. The third-order valence-corrected chi connectivity index (χ3v) is 4.18. The van der Waals surface area contributed by atoms with Crippen LogP contribution >= 0.6 is 11.3 Å². The highest BCUT2D eigenvalue weighted by molar-refractivity contribution is 7.16. The summed E-state index contributed by atoms with van der Waals surface area (Å²) in [5, 5.41) is 5.36. The van der Waals surface area contributed by atoms with Gasteiger partial charge in [-0.15, -0.1) is 24.5 Å². The number of thiophene rings is 1. The average Bonchev–Trinajstić information content (AvgIpc) is 3.03. The summed E-state index contributed by atoms with van der Waals surface area (Å²) >= 11 is 1.48. The first-order valence-corrected chi connectivity index (χ1v) is 8.25. The number of hydrogen-bond donors (Lipinski definition) is 1. The van der Waals surface area contributed by atoms with E-state index < -0.39 is 6.36 Å². The lowest BCUT2D eigenvalue weighted by Crippen LogP contribution is -2.30. The zero-order valence-corrected chi connectivity index (χ0v) is 14.3. The molecule has 0 spiro atoms. The van der Waals surface area contributed by atoms with Crippen molar-refractivity contribution in [1.29, 1.82) is 0 Å². The van der Waals surface area contributed by atoms with E-state index in [4.69, 9.17) is 0 Å². The van der Waals surface area contributed by atoms with Crippen LogP contribution in [0.1, 0.15) is 0 Å². The van der Waals surface area contributed by atoms with Gasteiger partial charge in [0.15, 0.2) is 0 Å². The van der Waals surface area contributed by atoms with E-state index in [9.17, 15) is 18.0 Å². The van der Waals surface area contributed by atoms with Gasteiger partial charge in [-0.25, -0.2) is 9.97 Å². The highest BCUT2D eigenvalue weighted by Crippen LogP contribution is 2.26. The van der Waals surface area contributed by atoms with Gasteiger partial charge in [0.25, 0.3) is 0 Å². The second-order valence-corrected chi connectivity index (χ2v) is 6.21. The van der Waals surface area contributed by atoms with Crippen LogP contribution < -0.4 is 15.0 Å². The third-order valence-electron chi connectivity index (χ3n) is 3.35. The van der Waals surface area contributed by atoms with Crippen LogP contribution in [0, 0.1) is 0 Å². The second-order valence-electron chi connectivity index (χ2n) is 5.31. The average molecular weight is 382 g/mol. The molecule has 0 atom stereocenters. The van der Waals surface area contributed by atoms with Gasteiger partial charge in [-0.1, -0.05) is 0 Å². The fraction of sp³-hybridized carbons (Fsp3) is 0.188. The first kappa shape index (κ1) is 17.9. The van der Waals surface area contributed by atoms with Crippen LogP contribution in [-0.4, -0.2) is 35.8 Å². The number of benzene rings is 1. The van der Waals surface area contributed by atoms with E-state index in [0.717, 1.165) is 22.3 Å². The van der Waals surface area contributed by atoms with Crippen molar-refractivity contribution in [2.24, 2.45) is 0 Å². The summed E-state index contributed by atoms with van der Waals surface area (Å²) in [5.74, 6) is -0.0623. The standard InChI is InChI=1S/C16H13F3N4O2S/c1-23(14-12-6-7-26-15(12)21-9-20-14)8-13(24)22-10-2-4-11(5-3-10)25-16(17,18)19/h2-7,9H,8H2,1H3,(H,22,24). The van der Waals surface area contributed by atoms with Gasteiger partial charge >= 0.3 is 6.36 Å². The minimum absolute atomic E-state index is 0.0166. The summed E-state index contributed by atoms with van der Waals surface area (Å²) in [6.07, 6.45) is -3.32. The summed E-state index contributed by atoms with van der Waals surface area (Å²) in [6, 6.07) is 6.81. The van der Waals surface area contributed by atoms with Gasteiger partial charge in [-0.3, -0.25) is 4.79 Å². The molecule has 1 aromatic carbocycles. The molecule has 0 aliphatic rings. The normalized spacial score (nSPS) is 11.4. The molecule has 10 heteroatoms. The minimum atomic E-state index is -4.75. The van der Waals surface area contributed by atoms with Crippen LogP contribution in [0.3, 0.4) is 0 Å². The van der Waals surface area contributed by atoms with Crippen LogP contribution in [0.15, 0.2) is 42.0 Å². The van der Waals surface area contributed by atoms with E-state index in [2.05, 4.69) is 20.0 Å². The number of likely N-dealkylation sites (N-methyl/N-ethyl adjacent to an activating group) is 1. The lowest BCUT2D eigenvalue weighted by Gasteiger charge is -2.18. The van der Waals surface area contributed by atoms with E-state index in [1.807, 2.05) is 11.4 Å². The first-order chi connectivity index (χ1) is 12.3.